The molecule has 4 rings (SSSR count). The van der Waals surface area contributed by atoms with Crippen LogP contribution in [0.15, 0.2) is 97.1 Å². The zero-order chi connectivity index (χ0) is 23.6. The van der Waals surface area contributed by atoms with Gasteiger partial charge in [0.25, 0.3) is 0 Å². The fourth-order valence-corrected chi connectivity index (χ4v) is 4.03. The topological polar surface area (TPSA) is 12.0 Å². The molecule has 0 fully saturated rings. The summed E-state index contributed by atoms with van der Waals surface area (Å²) in [6.45, 7) is 13.7. The van der Waals surface area contributed by atoms with Crippen molar-refractivity contribution in [2.75, 3.05) is 5.32 Å². The van der Waals surface area contributed by atoms with Crippen molar-refractivity contribution >= 4 is 11.4 Å². The third-order valence-corrected chi connectivity index (χ3v) is 6.17. The van der Waals surface area contributed by atoms with E-state index in [2.05, 4.69) is 144 Å². The van der Waals surface area contributed by atoms with Gasteiger partial charge in [0.2, 0.25) is 0 Å². The number of benzene rings is 4. The van der Waals surface area contributed by atoms with Crippen LogP contribution >= 0.6 is 0 Å². The van der Waals surface area contributed by atoms with Crippen molar-refractivity contribution in [3.63, 3.8) is 0 Å². The third-order valence-electron chi connectivity index (χ3n) is 6.17. The third kappa shape index (κ3) is 5.37. The number of para-hydroxylation sites is 1. The van der Waals surface area contributed by atoms with Gasteiger partial charge in [-0.2, -0.15) is 0 Å². The van der Waals surface area contributed by atoms with Gasteiger partial charge in [-0.15, -0.1) is 0 Å². The Bertz CT molecular complexity index is 1190. The fourth-order valence-electron chi connectivity index (χ4n) is 4.03. The van der Waals surface area contributed by atoms with Crippen LogP contribution < -0.4 is 5.32 Å². The Morgan fingerprint density at radius 2 is 1.00 bits per heavy atom. The van der Waals surface area contributed by atoms with Gasteiger partial charge in [-0.25, -0.2) is 0 Å². The SMILES string of the molecule is CC(C)(C)c1cc(-c2ccccc2Nc2ccc(-c3ccccc3)cc2)cc(C(C)(C)C)c1. The molecule has 0 aliphatic carbocycles. The molecule has 0 aromatic heterocycles. The molecule has 0 aliphatic rings. The largest absolute Gasteiger partial charge is 0.355 e. The van der Waals surface area contributed by atoms with Crippen LogP contribution in [0.5, 0.6) is 0 Å². The molecule has 0 bridgehead atoms. The van der Waals surface area contributed by atoms with Gasteiger partial charge in [0, 0.05) is 16.9 Å². The van der Waals surface area contributed by atoms with Crippen LogP contribution in [-0.4, -0.2) is 0 Å². The van der Waals surface area contributed by atoms with Gasteiger partial charge in [0.05, 0.1) is 0 Å². The van der Waals surface area contributed by atoms with Gasteiger partial charge in [-0.05, 0) is 56.8 Å². The van der Waals surface area contributed by atoms with Gasteiger partial charge >= 0.3 is 0 Å². The monoisotopic (exact) mass is 433 g/mol. The maximum absolute atomic E-state index is 3.67. The molecule has 168 valence electrons. The van der Waals surface area contributed by atoms with E-state index in [0.29, 0.717) is 0 Å². The first-order valence-electron chi connectivity index (χ1n) is 11.8. The summed E-state index contributed by atoms with van der Waals surface area (Å²) in [5.74, 6) is 0. The van der Waals surface area contributed by atoms with Crippen LogP contribution in [0.3, 0.4) is 0 Å². The Balaban J connectivity index is 1.71. The predicted molar refractivity (Wildman–Crippen MR) is 144 cm³/mol. The van der Waals surface area contributed by atoms with Gasteiger partial charge < -0.3 is 5.32 Å². The molecule has 4 aromatic rings. The highest BCUT2D eigenvalue weighted by Crippen LogP contribution is 2.37. The maximum Gasteiger partial charge on any atom is 0.0463 e. The Hall–Kier alpha value is -3.32. The molecule has 0 aliphatic heterocycles. The molecule has 1 N–H and O–H groups in total. The molecular weight excluding hydrogens is 398 g/mol. The van der Waals surface area contributed by atoms with E-state index in [0.717, 1.165) is 11.4 Å². The maximum atomic E-state index is 3.67. The highest BCUT2D eigenvalue weighted by atomic mass is 14.9. The predicted octanol–water partition coefficient (Wildman–Crippen LogP) is 9.36. The summed E-state index contributed by atoms with van der Waals surface area (Å²) < 4.78 is 0. The van der Waals surface area contributed by atoms with Crippen molar-refractivity contribution in [2.24, 2.45) is 0 Å². The molecule has 1 nitrogen and oxygen atoms in total. The van der Waals surface area contributed by atoms with E-state index >= 15 is 0 Å². The molecule has 0 saturated heterocycles. The van der Waals surface area contributed by atoms with E-state index in [4.69, 9.17) is 0 Å². The summed E-state index contributed by atoms with van der Waals surface area (Å²) in [4.78, 5) is 0. The second-order valence-corrected chi connectivity index (χ2v) is 10.9. The zero-order valence-corrected chi connectivity index (χ0v) is 20.7. The lowest BCUT2D eigenvalue weighted by atomic mass is 9.79. The van der Waals surface area contributed by atoms with Gasteiger partial charge in [0.15, 0.2) is 0 Å². The highest BCUT2D eigenvalue weighted by Gasteiger charge is 2.21. The Morgan fingerprint density at radius 1 is 0.485 bits per heavy atom. The molecule has 0 saturated carbocycles. The van der Waals surface area contributed by atoms with Crippen LogP contribution in [0, 0.1) is 0 Å². The Kier molecular flexibility index (Phi) is 6.17. The standard InChI is InChI=1S/C32H35N/c1-31(2,3)26-20-25(21-27(22-26)32(4,5)6)29-14-10-11-15-30(29)33-28-18-16-24(17-19-28)23-12-8-7-9-13-23/h7-22,33H,1-6H3. The molecule has 0 radical (unpaired) electrons. The van der Waals surface area contributed by atoms with Crippen molar-refractivity contribution in [1.82, 2.24) is 0 Å². The van der Waals surface area contributed by atoms with Crippen LogP contribution in [0.1, 0.15) is 52.7 Å². The number of hydrogen-bond acceptors (Lipinski definition) is 1. The number of nitrogens with one attached hydrogen (secondary N) is 1. The van der Waals surface area contributed by atoms with Gasteiger partial charge in [-0.3, -0.25) is 0 Å². The highest BCUT2D eigenvalue weighted by molar-refractivity contribution is 5.82. The van der Waals surface area contributed by atoms with E-state index in [1.165, 1.54) is 33.4 Å². The summed E-state index contributed by atoms with van der Waals surface area (Å²) in [5, 5.41) is 3.67. The molecule has 4 aromatic carbocycles. The Morgan fingerprint density at radius 3 is 1.58 bits per heavy atom. The summed E-state index contributed by atoms with van der Waals surface area (Å²) in [5.41, 5.74) is 10.1. The second-order valence-electron chi connectivity index (χ2n) is 10.9. The smallest absolute Gasteiger partial charge is 0.0463 e. The summed E-state index contributed by atoms with van der Waals surface area (Å²) >= 11 is 0. The lowest BCUT2D eigenvalue weighted by Gasteiger charge is -2.26. The minimum Gasteiger partial charge on any atom is -0.355 e. The van der Waals surface area contributed by atoms with Crippen LogP contribution in [0.2, 0.25) is 0 Å². The normalized spacial score (nSPS) is 11.9. The van der Waals surface area contributed by atoms with E-state index < -0.39 is 0 Å². The summed E-state index contributed by atoms with van der Waals surface area (Å²) in [6, 6.07) is 34.9. The zero-order valence-electron chi connectivity index (χ0n) is 20.7. The lowest BCUT2D eigenvalue weighted by Crippen LogP contribution is -2.16. The van der Waals surface area contributed by atoms with Crippen LogP contribution in [0.25, 0.3) is 22.3 Å². The van der Waals surface area contributed by atoms with Crippen molar-refractivity contribution in [1.29, 1.82) is 0 Å². The first-order valence-corrected chi connectivity index (χ1v) is 11.8. The van der Waals surface area contributed by atoms with Crippen molar-refractivity contribution in [2.45, 2.75) is 52.4 Å². The van der Waals surface area contributed by atoms with Crippen LogP contribution in [-0.2, 0) is 10.8 Å². The molecule has 1 heteroatoms. The molecule has 0 spiro atoms. The first-order chi connectivity index (χ1) is 15.6. The van der Waals surface area contributed by atoms with E-state index in [-0.39, 0.29) is 10.8 Å². The Labute approximate surface area is 199 Å². The van der Waals surface area contributed by atoms with E-state index in [9.17, 15) is 0 Å². The van der Waals surface area contributed by atoms with Crippen molar-refractivity contribution in [3.05, 3.63) is 108 Å². The second kappa shape index (κ2) is 8.90. The number of hydrogen-bond donors (Lipinski definition) is 1. The minimum absolute atomic E-state index is 0.0889. The summed E-state index contributed by atoms with van der Waals surface area (Å²) in [7, 11) is 0. The van der Waals surface area contributed by atoms with E-state index in [1.807, 2.05) is 0 Å². The minimum atomic E-state index is 0.0889. The molecule has 0 atom stereocenters. The lowest BCUT2D eigenvalue weighted by molar-refractivity contribution is 0.569. The number of anilines is 2. The quantitative estimate of drug-likeness (QED) is 0.338. The van der Waals surface area contributed by atoms with Crippen LogP contribution in [0.4, 0.5) is 11.4 Å². The average Bonchev–Trinajstić information content (AvgIpc) is 2.79. The van der Waals surface area contributed by atoms with Crippen molar-refractivity contribution in [3.8, 4) is 22.3 Å². The van der Waals surface area contributed by atoms with Gasteiger partial charge in [0.1, 0.15) is 0 Å². The fraction of sp³-hybridized carbons (Fsp3) is 0.250. The molecule has 33 heavy (non-hydrogen) atoms. The molecule has 0 heterocycles. The molecule has 0 amide bonds. The van der Waals surface area contributed by atoms with Gasteiger partial charge in [-0.1, -0.05) is 120 Å². The van der Waals surface area contributed by atoms with E-state index in [1.54, 1.807) is 0 Å². The molecular formula is C32H35N. The van der Waals surface area contributed by atoms with Crippen molar-refractivity contribution < 1.29 is 0 Å². The molecule has 0 unspecified atom stereocenters. The first kappa shape index (κ1) is 22.9. The summed E-state index contributed by atoms with van der Waals surface area (Å²) in [6.07, 6.45) is 0. The average molecular weight is 434 g/mol. The number of rotatable bonds is 4.